The smallest absolute Gasteiger partial charge is 0.232 e. The van der Waals surface area contributed by atoms with Gasteiger partial charge in [0, 0.05) is 31.5 Å². The normalized spacial score (nSPS) is 15.1. The van der Waals surface area contributed by atoms with Gasteiger partial charge in [-0.1, -0.05) is 12.1 Å². The van der Waals surface area contributed by atoms with E-state index in [9.17, 15) is 0 Å². The van der Waals surface area contributed by atoms with E-state index in [-0.39, 0.29) is 0 Å². The first kappa shape index (κ1) is 21.2. The molecule has 0 aliphatic carbocycles. The van der Waals surface area contributed by atoms with E-state index in [0.717, 1.165) is 53.2 Å². The molecule has 2 aliphatic heterocycles. The monoisotopic (exact) mass is 444 g/mol. The van der Waals surface area contributed by atoms with Crippen LogP contribution in [0.2, 0.25) is 0 Å². The van der Waals surface area contributed by atoms with Gasteiger partial charge in [-0.05, 0) is 48.9 Å². The Morgan fingerprint density at radius 3 is 2.58 bits per heavy atom. The van der Waals surface area contributed by atoms with Crippen molar-refractivity contribution in [2.45, 2.75) is 13.3 Å². The van der Waals surface area contributed by atoms with E-state index < -0.39 is 0 Å². The van der Waals surface area contributed by atoms with Gasteiger partial charge < -0.3 is 24.6 Å². The van der Waals surface area contributed by atoms with Gasteiger partial charge in [-0.15, -0.1) is 0 Å². The fourth-order valence-corrected chi connectivity index (χ4v) is 4.07. The topological polar surface area (TPSA) is 75.1 Å². The lowest BCUT2D eigenvalue weighted by Gasteiger charge is -2.29. The lowest BCUT2D eigenvalue weighted by molar-refractivity contribution is 0.122. The SMILES string of the molecule is COc1ccc(N(C)c2nc3c(c(N4CCOCC4)n2)N=C(Nc2cccc(C)c2)C3)cc1. The number of nitrogens with one attached hydrogen (secondary N) is 1. The van der Waals surface area contributed by atoms with E-state index in [1.807, 2.05) is 42.3 Å². The number of amidine groups is 1. The van der Waals surface area contributed by atoms with Gasteiger partial charge >= 0.3 is 0 Å². The van der Waals surface area contributed by atoms with E-state index in [1.54, 1.807) is 7.11 Å². The van der Waals surface area contributed by atoms with Crippen LogP contribution in [-0.2, 0) is 11.2 Å². The summed E-state index contributed by atoms with van der Waals surface area (Å²) in [4.78, 5) is 19.0. The van der Waals surface area contributed by atoms with Crippen LogP contribution in [-0.4, -0.2) is 56.3 Å². The van der Waals surface area contributed by atoms with Crippen molar-refractivity contribution in [3.63, 3.8) is 0 Å². The summed E-state index contributed by atoms with van der Waals surface area (Å²) in [6.45, 7) is 5.01. The Labute approximate surface area is 193 Å². The van der Waals surface area contributed by atoms with Crippen molar-refractivity contribution in [2.75, 3.05) is 55.6 Å². The van der Waals surface area contributed by atoms with Crippen LogP contribution in [0.3, 0.4) is 0 Å². The molecule has 0 amide bonds. The van der Waals surface area contributed by atoms with Crippen LogP contribution < -0.4 is 19.9 Å². The molecular weight excluding hydrogens is 416 g/mol. The molecule has 3 heterocycles. The zero-order valence-corrected chi connectivity index (χ0v) is 19.2. The zero-order chi connectivity index (χ0) is 22.8. The number of rotatable bonds is 5. The molecule has 2 aliphatic rings. The summed E-state index contributed by atoms with van der Waals surface area (Å²) in [5.41, 5.74) is 4.99. The molecule has 170 valence electrons. The van der Waals surface area contributed by atoms with E-state index >= 15 is 0 Å². The number of morpholine rings is 1. The standard InChI is InChI=1S/C25H28N6O2/c1-17-5-4-6-18(15-17)26-22-16-21-23(28-22)24(31-11-13-33-14-12-31)29-25(27-21)30(2)19-7-9-20(32-3)10-8-19/h4-10,15H,11-14,16H2,1-3H3,(H,26,28). The molecule has 0 atom stereocenters. The Bertz CT molecular complexity index is 1170. The number of benzene rings is 2. The maximum absolute atomic E-state index is 5.57. The van der Waals surface area contributed by atoms with E-state index in [4.69, 9.17) is 24.4 Å². The number of ether oxygens (including phenoxy) is 2. The molecule has 8 heteroatoms. The number of hydrogen-bond acceptors (Lipinski definition) is 8. The molecule has 0 radical (unpaired) electrons. The molecule has 0 bridgehead atoms. The summed E-state index contributed by atoms with van der Waals surface area (Å²) in [6.07, 6.45) is 0.632. The molecule has 1 N–H and O–H groups in total. The number of aromatic nitrogens is 2. The van der Waals surface area contributed by atoms with Crippen molar-refractivity contribution in [3.05, 3.63) is 59.8 Å². The molecule has 1 aromatic heterocycles. The number of methoxy groups -OCH3 is 1. The Morgan fingerprint density at radius 2 is 1.85 bits per heavy atom. The van der Waals surface area contributed by atoms with Crippen LogP contribution in [0, 0.1) is 6.92 Å². The largest absolute Gasteiger partial charge is 0.497 e. The minimum absolute atomic E-state index is 0.632. The fourth-order valence-electron chi connectivity index (χ4n) is 4.07. The van der Waals surface area contributed by atoms with Crippen LogP contribution in [0.5, 0.6) is 5.75 Å². The Balaban J connectivity index is 1.48. The van der Waals surface area contributed by atoms with Crippen LogP contribution in [0.4, 0.5) is 28.8 Å². The highest BCUT2D eigenvalue weighted by Gasteiger charge is 2.27. The minimum atomic E-state index is 0.632. The van der Waals surface area contributed by atoms with Gasteiger partial charge in [0.15, 0.2) is 5.82 Å². The molecule has 0 unspecified atom stereocenters. The Morgan fingerprint density at radius 1 is 1.06 bits per heavy atom. The predicted molar refractivity (Wildman–Crippen MR) is 132 cm³/mol. The van der Waals surface area contributed by atoms with Crippen LogP contribution in [0.25, 0.3) is 0 Å². The number of fused-ring (bicyclic) bond motifs is 1. The molecule has 33 heavy (non-hydrogen) atoms. The maximum atomic E-state index is 5.57. The molecular formula is C25H28N6O2. The first-order valence-corrected chi connectivity index (χ1v) is 11.1. The Kier molecular flexibility index (Phi) is 5.83. The highest BCUT2D eigenvalue weighted by atomic mass is 16.5. The summed E-state index contributed by atoms with van der Waals surface area (Å²) in [6, 6.07) is 16.2. The second-order valence-corrected chi connectivity index (χ2v) is 8.23. The number of hydrogen-bond donors (Lipinski definition) is 1. The molecule has 3 aromatic rings. The highest BCUT2D eigenvalue weighted by Crippen LogP contribution is 2.37. The molecule has 0 spiro atoms. The van der Waals surface area contributed by atoms with Crippen molar-refractivity contribution < 1.29 is 9.47 Å². The van der Waals surface area contributed by atoms with Crippen LogP contribution in [0.1, 0.15) is 11.3 Å². The van der Waals surface area contributed by atoms with Gasteiger partial charge in [0.1, 0.15) is 17.3 Å². The average Bonchev–Trinajstić information content (AvgIpc) is 3.26. The van der Waals surface area contributed by atoms with Gasteiger partial charge in [-0.25, -0.2) is 9.98 Å². The van der Waals surface area contributed by atoms with Gasteiger partial charge in [0.05, 0.1) is 32.4 Å². The third-order valence-corrected chi connectivity index (χ3v) is 5.88. The molecule has 1 saturated heterocycles. The highest BCUT2D eigenvalue weighted by molar-refractivity contribution is 6.03. The second kappa shape index (κ2) is 9.07. The van der Waals surface area contributed by atoms with Gasteiger partial charge in [0.25, 0.3) is 0 Å². The fraction of sp³-hybridized carbons (Fsp3) is 0.320. The number of aryl methyl sites for hydroxylation is 1. The van der Waals surface area contributed by atoms with E-state index in [0.29, 0.717) is 25.6 Å². The van der Waals surface area contributed by atoms with Crippen molar-refractivity contribution >= 4 is 34.7 Å². The first-order valence-electron chi connectivity index (χ1n) is 11.1. The summed E-state index contributed by atoms with van der Waals surface area (Å²) in [5, 5.41) is 3.46. The van der Waals surface area contributed by atoms with Gasteiger partial charge in [0.2, 0.25) is 5.95 Å². The Hall–Kier alpha value is -3.65. The second-order valence-electron chi connectivity index (χ2n) is 8.23. The minimum Gasteiger partial charge on any atom is -0.497 e. The number of aliphatic imine (C=N–C) groups is 1. The molecule has 2 aromatic carbocycles. The van der Waals surface area contributed by atoms with E-state index in [1.165, 1.54) is 5.56 Å². The maximum Gasteiger partial charge on any atom is 0.232 e. The average molecular weight is 445 g/mol. The zero-order valence-electron chi connectivity index (χ0n) is 19.2. The lowest BCUT2D eigenvalue weighted by atomic mass is 10.2. The first-order chi connectivity index (χ1) is 16.1. The molecule has 0 saturated carbocycles. The van der Waals surface area contributed by atoms with E-state index in [2.05, 4.69) is 35.3 Å². The predicted octanol–water partition coefficient (Wildman–Crippen LogP) is 4.10. The summed E-state index contributed by atoms with van der Waals surface area (Å²) >= 11 is 0. The quantitative estimate of drug-likeness (QED) is 0.635. The lowest BCUT2D eigenvalue weighted by Crippen LogP contribution is -2.37. The van der Waals surface area contributed by atoms with Crippen molar-refractivity contribution in [3.8, 4) is 5.75 Å². The van der Waals surface area contributed by atoms with Gasteiger partial charge in [-0.2, -0.15) is 4.98 Å². The third-order valence-electron chi connectivity index (χ3n) is 5.88. The van der Waals surface area contributed by atoms with Crippen molar-refractivity contribution in [1.82, 2.24) is 9.97 Å². The van der Waals surface area contributed by atoms with Crippen molar-refractivity contribution in [2.24, 2.45) is 4.99 Å². The van der Waals surface area contributed by atoms with Crippen molar-refractivity contribution in [1.29, 1.82) is 0 Å². The van der Waals surface area contributed by atoms with Crippen LogP contribution in [0.15, 0.2) is 53.5 Å². The third kappa shape index (κ3) is 4.47. The molecule has 8 nitrogen and oxygen atoms in total. The number of anilines is 4. The number of nitrogens with zero attached hydrogens (tertiary/aromatic N) is 5. The molecule has 1 fully saturated rings. The van der Waals surface area contributed by atoms with Crippen LogP contribution >= 0.6 is 0 Å². The van der Waals surface area contributed by atoms with Gasteiger partial charge in [-0.3, -0.25) is 0 Å². The molecule has 5 rings (SSSR count). The summed E-state index contributed by atoms with van der Waals surface area (Å²) in [5.74, 6) is 3.20. The summed E-state index contributed by atoms with van der Waals surface area (Å²) < 4.78 is 10.9. The summed E-state index contributed by atoms with van der Waals surface area (Å²) in [7, 11) is 3.65.